The number of ether oxygens (including phenoxy) is 1. The molecule has 3 rings (SSSR count). The van der Waals surface area contributed by atoms with E-state index >= 15 is 0 Å². The van der Waals surface area contributed by atoms with Crippen LogP contribution in [0.4, 0.5) is 5.69 Å². The van der Waals surface area contributed by atoms with Crippen molar-refractivity contribution in [3.8, 4) is 5.75 Å². The van der Waals surface area contributed by atoms with Crippen LogP contribution in [0, 0.1) is 5.92 Å². The van der Waals surface area contributed by atoms with Gasteiger partial charge in [-0.2, -0.15) is 0 Å². The quantitative estimate of drug-likeness (QED) is 0.889. The van der Waals surface area contributed by atoms with Crippen molar-refractivity contribution < 1.29 is 17.9 Å². The van der Waals surface area contributed by atoms with Crippen molar-refractivity contribution in [2.75, 3.05) is 11.9 Å². The van der Waals surface area contributed by atoms with Crippen LogP contribution in [0.3, 0.4) is 0 Å². The molecule has 1 aliphatic carbocycles. The number of rotatable bonds is 3. The molecule has 2 N–H and O–H groups in total. The third-order valence-electron chi connectivity index (χ3n) is 4.31. The van der Waals surface area contributed by atoms with Crippen LogP contribution in [0.2, 0.25) is 0 Å². The van der Waals surface area contributed by atoms with Gasteiger partial charge in [0.05, 0.1) is 10.6 Å². The average molecular weight is 324 g/mol. The van der Waals surface area contributed by atoms with Gasteiger partial charge in [0, 0.05) is 12.1 Å². The fraction of sp³-hybridized carbons (Fsp3) is 0.533. The molecule has 1 aromatic rings. The van der Waals surface area contributed by atoms with Crippen molar-refractivity contribution in [1.29, 1.82) is 0 Å². The maximum Gasteiger partial charge on any atom is 0.262 e. The second kappa shape index (κ2) is 5.89. The summed E-state index contributed by atoms with van der Waals surface area (Å²) in [4.78, 5) is 11.4. The molecule has 0 spiro atoms. The molecule has 2 unspecified atom stereocenters. The van der Waals surface area contributed by atoms with Crippen LogP contribution in [0.5, 0.6) is 5.75 Å². The number of hydrogen-bond acceptors (Lipinski definition) is 4. The Morgan fingerprint density at radius 3 is 2.82 bits per heavy atom. The number of carbonyl (C=O) groups is 1. The van der Waals surface area contributed by atoms with Crippen molar-refractivity contribution in [2.24, 2.45) is 5.92 Å². The van der Waals surface area contributed by atoms with E-state index in [1.165, 1.54) is 12.1 Å². The van der Waals surface area contributed by atoms with Gasteiger partial charge in [-0.1, -0.05) is 19.8 Å². The lowest BCUT2D eigenvalue weighted by Crippen LogP contribution is -2.41. The zero-order valence-corrected chi connectivity index (χ0v) is 13.3. The van der Waals surface area contributed by atoms with Gasteiger partial charge in [-0.15, -0.1) is 0 Å². The van der Waals surface area contributed by atoms with Gasteiger partial charge in [0.2, 0.25) is 10.0 Å². The van der Waals surface area contributed by atoms with Crippen LogP contribution < -0.4 is 14.8 Å². The fourth-order valence-corrected chi connectivity index (χ4v) is 4.37. The predicted octanol–water partition coefficient (Wildman–Crippen LogP) is 1.87. The first-order valence-corrected chi connectivity index (χ1v) is 9.03. The number of anilines is 1. The van der Waals surface area contributed by atoms with Gasteiger partial charge in [0.1, 0.15) is 5.75 Å². The highest BCUT2D eigenvalue weighted by Crippen LogP contribution is 2.31. The molecule has 2 atom stereocenters. The molecule has 7 heteroatoms. The summed E-state index contributed by atoms with van der Waals surface area (Å²) in [6, 6.07) is 4.50. The molecular formula is C15H20N2O4S. The van der Waals surface area contributed by atoms with Crippen LogP contribution in [0.1, 0.15) is 32.6 Å². The van der Waals surface area contributed by atoms with E-state index in [-0.39, 0.29) is 23.5 Å². The van der Waals surface area contributed by atoms with E-state index in [1.807, 2.05) is 0 Å². The van der Waals surface area contributed by atoms with Crippen molar-refractivity contribution in [2.45, 2.75) is 43.5 Å². The van der Waals surface area contributed by atoms with Crippen LogP contribution >= 0.6 is 0 Å². The zero-order chi connectivity index (χ0) is 15.7. The summed E-state index contributed by atoms with van der Waals surface area (Å²) in [5, 5.41) is 2.65. The summed E-state index contributed by atoms with van der Waals surface area (Å²) in [6.07, 6.45) is 4.13. The largest absolute Gasteiger partial charge is 0.482 e. The molecule has 1 heterocycles. The summed E-state index contributed by atoms with van der Waals surface area (Å²) < 4.78 is 33.2. The Labute approximate surface area is 130 Å². The summed E-state index contributed by atoms with van der Waals surface area (Å²) >= 11 is 0. The molecule has 0 saturated heterocycles. The molecular weight excluding hydrogens is 304 g/mol. The second-order valence-corrected chi connectivity index (χ2v) is 7.70. The van der Waals surface area contributed by atoms with E-state index in [0.29, 0.717) is 17.4 Å². The maximum atomic E-state index is 12.5. The maximum absolute atomic E-state index is 12.5. The lowest BCUT2D eigenvalue weighted by Gasteiger charge is -2.29. The van der Waals surface area contributed by atoms with Crippen LogP contribution in [0.15, 0.2) is 23.1 Å². The number of hydrogen-bond donors (Lipinski definition) is 2. The molecule has 1 aromatic carbocycles. The first kappa shape index (κ1) is 15.3. The topological polar surface area (TPSA) is 84.5 Å². The standard InChI is InChI=1S/C15H20N2O4S/c1-10-4-2-3-5-12(10)17-22(19,20)11-6-7-13-14(8-11)21-9-15(18)16-13/h6-8,10,12,17H,2-5,9H2,1H3,(H,16,18). The van der Waals surface area contributed by atoms with Crippen molar-refractivity contribution >= 4 is 21.6 Å². The molecule has 22 heavy (non-hydrogen) atoms. The first-order chi connectivity index (χ1) is 10.5. The van der Waals surface area contributed by atoms with Crippen LogP contribution in [-0.2, 0) is 14.8 Å². The second-order valence-electron chi connectivity index (χ2n) is 5.98. The molecule has 0 radical (unpaired) electrons. The number of benzene rings is 1. The van der Waals surface area contributed by atoms with Crippen LogP contribution in [-0.4, -0.2) is 27.0 Å². The highest BCUT2D eigenvalue weighted by atomic mass is 32.2. The van der Waals surface area contributed by atoms with Gasteiger partial charge in [0.15, 0.2) is 6.61 Å². The van der Waals surface area contributed by atoms with E-state index in [4.69, 9.17) is 4.74 Å². The molecule has 120 valence electrons. The molecule has 1 fully saturated rings. The van der Waals surface area contributed by atoms with E-state index in [0.717, 1.165) is 25.7 Å². The molecule has 1 saturated carbocycles. The van der Waals surface area contributed by atoms with Crippen LogP contribution in [0.25, 0.3) is 0 Å². The summed E-state index contributed by atoms with van der Waals surface area (Å²) in [6.45, 7) is 1.99. The molecule has 1 amide bonds. The molecule has 0 bridgehead atoms. The summed E-state index contributed by atoms with van der Waals surface area (Å²) in [5.41, 5.74) is 0.501. The van der Waals surface area contributed by atoms with E-state index in [1.54, 1.807) is 6.07 Å². The monoisotopic (exact) mass is 324 g/mol. The lowest BCUT2D eigenvalue weighted by molar-refractivity contribution is -0.118. The number of sulfonamides is 1. The minimum Gasteiger partial charge on any atom is -0.482 e. The number of nitrogens with one attached hydrogen (secondary N) is 2. The SMILES string of the molecule is CC1CCCCC1NS(=O)(=O)c1ccc2c(c1)OCC(=O)N2. The number of amides is 1. The summed E-state index contributed by atoms with van der Waals surface area (Å²) in [7, 11) is -3.58. The van der Waals surface area contributed by atoms with Gasteiger partial charge >= 0.3 is 0 Å². The Balaban J connectivity index is 1.81. The van der Waals surface area contributed by atoms with E-state index in [9.17, 15) is 13.2 Å². The third kappa shape index (κ3) is 3.10. The van der Waals surface area contributed by atoms with Gasteiger partial charge in [0.25, 0.3) is 5.91 Å². The Morgan fingerprint density at radius 1 is 1.27 bits per heavy atom. The third-order valence-corrected chi connectivity index (χ3v) is 5.80. The Kier molecular flexibility index (Phi) is 4.10. The molecule has 0 aromatic heterocycles. The van der Waals surface area contributed by atoms with Gasteiger partial charge < -0.3 is 10.1 Å². The van der Waals surface area contributed by atoms with E-state index < -0.39 is 10.0 Å². The van der Waals surface area contributed by atoms with E-state index in [2.05, 4.69) is 17.0 Å². The van der Waals surface area contributed by atoms with Crippen molar-refractivity contribution in [3.05, 3.63) is 18.2 Å². The molecule has 1 aliphatic heterocycles. The number of carbonyl (C=O) groups excluding carboxylic acids is 1. The fourth-order valence-electron chi connectivity index (χ4n) is 2.98. The van der Waals surface area contributed by atoms with Crippen molar-refractivity contribution in [1.82, 2.24) is 4.72 Å². The van der Waals surface area contributed by atoms with Gasteiger partial charge in [-0.05, 0) is 30.9 Å². The zero-order valence-electron chi connectivity index (χ0n) is 12.5. The highest BCUT2D eigenvalue weighted by molar-refractivity contribution is 7.89. The van der Waals surface area contributed by atoms with Crippen molar-refractivity contribution in [3.63, 3.8) is 0 Å². The summed E-state index contributed by atoms with van der Waals surface area (Å²) in [5.74, 6) is 0.494. The van der Waals surface area contributed by atoms with Gasteiger partial charge in [-0.25, -0.2) is 13.1 Å². The lowest BCUT2D eigenvalue weighted by atomic mass is 9.87. The Bertz CT molecular complexity index is 687. The normalized spacial score (nSPS) is 25.0. The average Bonchev–Trinajstić information content (AvgIpc) is 2.49. The molecule has 6 nitrogen and oxygen atoms in total. The Morgan fingerprint density at radius 2 is 2.05 bits per heavy atom. The minimum atomic E-state index is -3.58. The first-order valence-electron chi connectivity index (χ1n) is 7.55. The number of fused-ring (bicyclic) bond motifs is 1. The molecule has 2 aliphatic rings. The minimum absolute atomic E-state index is 0.0181. The predicted molar refractivity (Wildman–Crippen MR) is 82.3 cm³/mol. The highest BCUT2D eigenvalue weighted by Gasteiger charge is 2.28. The van der Waals surface area contributed by atoms with Gasteiger partial charge in [-0.3, -0.25) is 4.79 Å². The Hall–Kier alpha value is -1.60. The smallest absolute Gasteiger partial charge is 0.262 e.